The maximum absolute atomic E-state index is 12.2. The third-order valence-corrected chi connectivity index (χ3v) is 3.42. The quantitative estimate of drug-likeness (QED) is 0.863. The number of aryl methyl sites for hydroxylation is 1. The van der Waals surface area contributed by atoms with E-state index in [2.05, 4.69) is 4.98 Å². The van der Waals surface area contributed by atoms with Crippen molar-refractivity contribution in [2.45, 2.75) is 6.92 Å². The number of likely N-dealkylation sites (N-methyl/N-ethyl adjacent to an activating group) is 1. The molecule has 0 radical (unpaired) electrons. The van der Waals surface area contributed by atoms with E-state index < -0.39 is 0 Å². The van der Waals surface area contributed by atoms with E-state index in [1.165, 1.54) is 0 Å². The van der Waals surface area contributed by atoms with Gasteiger partial charge in [-0.3, -0.25) is 4.79 Å². The maximum Gasteiger partial charge on any atom is 0.256 e. The van der Waals surface area contributed by atoms with Crippen molar-refractivity contribution in [3.05, 3.63) is 58.4 Å². The Labute approximate surface area is 129 Å². The van der Waals surface area contributed by atoms with Crippen molar-refractivity contribution in [1.29, 1.82) is 0 Å². The van der Waals surface area contributed by atoms with Gasteiger partial charge in [0.25, 0.3) is 5.91 Å². The molecule has 1 amide bonds. The topological polar surface area (TPSA) is 45.3 Å². The number of H-pyrrole nitrogens is 1. The first-order chi connectivity index (χ1) is 10.1. The number of pyridine rings is 1. The Morgan fingerprint density at radius 1 is 1.33 bits per heavy atom. The number of carbonyl (C=O) groups is 1. The molecule has 1 aromatic heterocycles. The van der Waals surface area contributed by atoms with Crippen molar-refractivity contribution < 1.29 is 9.53 Å². The summed E-state index contributed by atoms with van der Waals surface area (Å²) in [5, 5.41) is 0. The van der Waals surface area contributed by atoms with Gasteiger partial charge in [0.2, 0.25) is 0 Å². The van der Waals surface area contributed by atoms with Crippen LogP contribution in [-0.4, -0.2) is 36.0 Å². The third kappa shape index (κ3) is 4.16. The van der Waals surface area contributed by atoms with Crippen LogP contribution in [0.1, 0.15) is 15.9 Å². The molecule has 2 aromatic rings. The number of benzene rings is 1. The summed E-state index contributed by atoms with van der Waals surface area (Å²) < 4.78 is 6.10. The van der Waals surface area contributed by atoms with Crippen LogP contribution >= 0.6 is 12.2 Å². The molecule has 4 nitrogen and oxygen atoms in total. The summed E-state index contributed by atoms with van der Waals surface area (Å²) in [4.78, 5) is 16.7. The van der Waals surface area contributed by atoms with Crippen LogP contribution in [0, 0.1) is 11.6 Å². The summed E-state index contributed by atoms with van der Waals surface area (Å²) in [5.74, 6) is 0.706. The Bertz CT molecular complexity index is 682. The predicted molar refractivity (Wildman–Crippen MR) is 85.3 cm³/mol. The minimum Gasteiger partial charge on any atom is -0.492 e. The van der Waals surface area contributed by atoms with E-state index in [0.29, 0.717) is 23.4 Å². The fourth-order valence-electron chi connectivity index (χ4n) is 1.90. The average Bonchev–Trinajstić information content (AvgIpc) is 2.47. The van der Waals surface area contributed by atoms with Gasteiger partial charge in [0.1, 0.15) is 17.0 Å². The van der Waals surface area contributed by atoms with Crippen LogP contribution in [0.5, 0.6) is 5.75 Å². The number of aromatic nitrogens is 1. The molecule has 0 bridgehead atoms. The van der Waals surface area contributed by atoms with Crippen LogP contribution in [0.15, 0.2) is 42.6 Å². The van der Waals surface area contributed by atoms with Crippen LogP contribution in [0.25, 0.3) is 0 Å². The Hall–Kier alpha value is -2.14. The molecule has 0 saturated carbocycles. The molecule has 0 saturated heterocycles. The van der Waals surface area contributed by atoms with Crippen LogP contribution in [0.3, 0.4) is 0 Å². The molecule has 0 aliphatic rings. The second kappa shape index (κ2) is 7.04. The minimum absolute atomic E-state index is 0.107. The summed E-state index contributed by atoms with van der Waals surface area (Å²) >= 11 is 5.12. The molecule has 0 atom stereocenters. The second-order valence-corrected chi connectivity index (χ2v) is 5.21. The number of nitrogens with zero attached hydrogens (tertiary/aromatic N) is 1. The first kappa shape index (κ1) is 15.3. The van der Waals surface area contributed by atoms with Gasteiger partial charge in [0, 0.05) is 13.2 Å². The van der Waals surface area contributed by atoms with Crippen LogP contribution in [0.4, 0.5) is 0 Å². The van der Waals surface area contributed by atoms with E-state index >= 15 is 0 Å². The Kier molecular flexibility index (Phi) is 5.11. The summed E-state index contributed by atoms with van der Waals surface area (Å²) in [6.45, 7) is 2.95. The van der Waals surface area contributed by atoms with Gasteiger partial charge in [-0.2, -0.15) is 0 Å². The number of ether oxygens (including phenoxy) is 1. The lowest BCUT2D eigenvalue weighted by molar-refractivity contribution is 0.0773. The summed E-state index contributed by atoms with van der Waals surface area (Å²) in [6, 6.07) is 11.3. The molecule has 0 fully saturated rings. The number of aromatic amines is 1. The SMILES string of the molecule is Cc1cccc(OCCN(C)C(=O)c2ccc[nH]c2=S)c1. The highest BCUT2D eigenvalue weighted by atomic mass is 32.1. The fraction of sp³-hybridized carbons (Fsp3) is 0.250. The molecule has 0 unspecified atom stereocenters. The predicted octanol–water partition coefficient (Wildman–Crippen LogP) is 3.20. The molecule has 1 aromatic carbocycles. The van der Waals surface area contributed by atoms with Gasteiger partial charge in [-0.1, -0.05) is 24.4 Å². The van der Waals surface area contributed by atoms with Gasteiger partial charge in [0.05, 0.1) is 12.1 Å². The van der Waals surface area contributed by atoms with Gasteiger partial charge in [-0.05, 0) is 36.8 Å². The smallest absolute Gasteiger partial charge is 0.256 e. The van der Waals surface area contributed by atoms with E-state index in [1.807, 2.05) is 31.2 Å². The van der Waals surface area contributed by atoms with Crippen molar-refractivity contribution in [1.82, 2.24) is 9.88 Å². The highest BCUT2D eigenvalue weighted by Gasteiger charge is 2.12. The highest BCUT2D eigenvalue weighted by molar-refractivity contribution is 7.71. The Morgan fingerprint density at radius 2 is 2.14 bits per heavy atom. The number of hydrogen-bond donors (Lipinski definition) is 1. The van der Waals surface area contributed by atoms with Crippen molar-refractivity contribution in [2.24, 2.45) is 0 Å². The zero-order chi connectivity index (χ0) is 15.2. The van der Waals surface area contributed by atoms with Gasteiger partial charge >= 0.3 is 0 Å². The maximum atomic E-state index is 12.2. The molecule has 0 aliphatic carbocycles. The monoisotopic (exact) mass is 302 g/mol. The van der Waals surface area contributed by atoms with E-state index in [9.17, 15) is 4.79 Å². The fourth-order valence-corrected chi connectivity index (χ4v) is 2.13. The lowest BCUT2D eigenvalue weighted by Gasteiger charge is -2.17. The third-order valence-electron chi connectivity index (χ3n) is 3.08. The molecule has 2 rings (SSSR count). The van der Waals surface area contributed by atoms with Crippen LogP contribution in [-0.2, 0) is 0 Å². The van der Waals surface area contributed by atoms with Crippen molar-refractivity contribution in [3.8, 4) is 5.75 Å². The Morgan fingerprint density at radius 3 is 2.86 bits per heavy atom. The molecule has 1 heterocycles. The molecular weight excluding hydrogens is 284 g/mol. The molecular formula is C16H18N2O2S. The zero-order valence-corrected chi connectivity index (χ0v) is 12.9. The lowest BCUT2D eigenvalue weighted by Crippen LogP contribution is -2.31. The van der Waals surface area contributed by atoms with Crippen molar-refractivity contribution in [3.63, 3.8) is 0 Å². The summed E-state index contributed by atoms with van der Waals surface area (Å²) in [6.07, 6.45) is 1.71. The van der Waals surface area contributed by atoms with Gasteiger partial charge in [0.15, 0.2) is 0 Å². The number of nitrogens with one attached hydrogen (secondary N) is 1. The summed E-state index contributed by atoms with van der Waals surface area (Å²) in [7, 11) is 1.74. The van der Waals surface area contributed by atoms with E-state index in [-0.39, 0.29) is 5.91 Å². The highest BCUT2D eigenvalue weighted by Crippen LogP contribution is 2.12. The number of amides is 1. The minimum atomic E-state index is -0.107. The molecule has 5 heteroatoms. The molecule has 0 spiro atoms. The van der Waals surface area contributed by atoms with Gasteiger partial charge < -0.3 is 14.6 Å². The first-order valence-electron chi connectivity index (χ1n) is 6.70. The average molecular weight is 302 g/mol. The molecule has 21 heavy (non-hydrogen) atoms. The van der Waals surface area contributed by atoms with Gasteiger partial charge in [-0.25, -0.2) is 0 Å². The summed E-state index contributed by atoms with van der Waals surface area (Å²) in [5.41, 5.74) is 1.65. The Balaban J connectivity index is 1.90. The van der Waals surface area contributed by atoms with Gasteiger partial charge in [-0.15, -0.1) is 0 Å². The first-order valence-corrected chi connectivity index (χ1v) is 7.11. The number of carbonyl (C=O) groups excluding carboxylic acids is 1. The van der Waals surface area contributed by atoms with E-state index in [0.717, 1.165) is 11.3 Å². The molecule has 1 N–H and O–H groups in total. The molecule has 0 aliphatic heterocycles. The second-order valence-electron chi connectivity index (χ2n) is 4.80. The van der Waals surface area contributed by atoms with E-state index in [4.69, 9.17) is 17.0 Å². The van der Waals surface area contributed by atoms with Crippen molar-refractivity contribution in [2.75, 3.05) is 20.2 Å². The zero-order valence-electron chi connectivity index (χ0n) is 12.1. The van der Waals surface area contributed by atoms with Crippen LogP contribution in [0.2, 0.25) is 0 Å². The largest absolute Gasteiger partial charge is 0.492 e. The number of rotatable bonds is 5. The number of hydrogen-bond acceptors (Lipinski definition) is 3. The lowest BCUT2D eigenvalue weighted by atomic mass is 10.2. The van der Waals surface area contributed by atoms with Crippen LogP contribution < -0.4 is 4.74 Å². The van der Waals surface area contributed by atoms with Crippen molar-refractivity contribution >= 4 is 18.1 Å². The molecule has 110 valence electrons. The normalized spacial score (nSPS) is 10.2. The standard InChI is InChI=1S/C16H18N2O2S/c1-12-5-3-6-13(11-12)20-10-9-18(2)16(19)14-7-4-8-17-15(14)21/h3-8,11H,9-10H2,1-2H3,(H,17,21). The van der Waals surface area contributed by atoms with E-state index in [1.54, 1.807) is 30.3 Å².